The zero-order valence-electron chi connectivity index (χ0n) is 17.2. The van der Waals surface area contributed by atoms with E-state index >= 15 is 0 Å². The Labute approximate surface area is 171 Å². The van der Waals surface area contributed by atoms with Crippen LogP contribution in [-0.2, 0) is 0 Å². The Morgan fingerprint density at radius 3 is 2.41 bits per heavy atom. The van der Waals surface area contributed by atoms with Gasteiger partial charge in [0, 0.05) is 17.8 Å². The summed E-state index contributed by atoms with van der Waals surface area (Å²) in [5.74, 6) is 0.765. The number of benzene rings is 2. The average molecular weight is 399 g/mol. The van der Waals surface area contributed by atoms with Crippen LogP contribution in [-0.4, -0.2) is 41.7 Å². The van der Waals surface area contributed by atoms with E-state index < -0.39 is 5.97 Å². The average Bonchev–Trinajstić information content (AvgIpc) is 2.70. The van der Waals surface area contributed by atoms with Gasteiger partial charge in [0.25, 0.3) is 0 Å². The smallest absolute Gasteiger partial charge is 0.343 e. The van der Waals surface area contributed by atoms with Crippen LogP contribution < -0.4 is 9.47 Å². The lowest BCUT2D eigenvalue weighted by Crippen LogP contribution is -2.13. The Morgan fingerprint density at radius 1 is 1.14 bits per heavy atom. The van der Waals surface area contributed by atoms with Crippen LogP contribution in [0.5, 0.6) is 17.2 Å². The summed E-state index contributed by atoms with van der Waals surface area (Å²) in [6, 6.07) is 11.1. The summed E-state index contributed by atoms with van der Waals surface area (Å²) in [6.45, 7) is 6.71. The first kappa shape index (κ1) is 22.4. The van der Waals surface area contributed by atoms with Crippen molar-refractivity contribution in [1.82, 2.24) is 0 Å². The molecule has 29 heavy (non-hydrogen) atoms. The van der Waals surface area contributed by atoms with Crippen LogP contribution in [0.15, 0.2) is 47.5 Å². The van der Waals surface area contributed by atoms with Crippen molar-refractivity contribution in [2.24, 2.45) is 10.9 Å². The molecule has 1 atom stereocenters. The quantitative estimate of drug-likeness (QED) is 0.355. The van der Waals surface area contributed by atoms with Crippen molar-refractivity contribution >= 4 is 12.2 Å². The highest BCUT2D eigenvalue weighted by Gasteiger charge is 2.11. The maximum atomic E-state index is 12.3. The normalized spacial score (nSPS) is 12.3. The Kier molecular flexibility index (Phi) is 8.68. The molecule has 6 nitrogen and oxygen atoms in total. The third-order valence-electron chi connectivity index (χ3n) is 4.15. The largest absolute Gasteiger partial charge is 0.507 e. The number of ether oxygens (including phenoxy) is 2. The molecule has 0 aromatic heterocycles. The maximum absolute atomic E-state index is 12.3. The van der Waals surface area contributed by atoms with Gasteiger partial charge in [-0.25, -0.2) is 4.79 Å². The van der Waals surface area contributed by atoms with Crippen molar-refractivity contribution in [3.63, 3.8) is 0 Å². The number of aliphatic hydroxyl groups excluding tert-OH is 1. The second-order valence-electron chi connectivity index (χ2n) is 7.23. The molecule has 0 aliphatic rings. The molecule has 0 unspecified atom stereocenters. The predicted octanol–water partition coefficient (Wildman–Crippen LogP) is 4.23. The van der Waals surface area contributed by atoms with Gasteiger partial charge in [0.2, 0.25) is 0 Å². The van der Waals surface area contributed by atoms with Gasteiger partial charge in [-0.3, -0.25) is 4.99 Å². The Morgan fingerprint density at radius 2 is 1.83 bits per heavy atom. The third kappa shape index (κ3) is 7.23. The number of carbonyl (C=O) groups excluding carboxylic acids is 1. The number of hydrogen-bond donors (Lipinski definition) is 2. The van der Waals surface area contributed by atoms with Gasteiger partial charge in [-0.15, -0.1) is 0 Å². The van der Waals surface area contributed by atoms with E-state index in [1.165, 1.54) is 12.3 Å². The van der Waals surface area contributed by atoms with Gasteiger partial charge in [0.05, 0.1) is 24.8 Å². The van der Waals surface area contributed by atoms with Crippen molar-refractivity contribution < 1.29 is 24.5 Å². The second-order valence-corrected chi connectivity index (χ2v) is 7.23. The lowest BCUT2D eigenvalue weighted by Gasteiger charge is -2.11. The van der Waals surface area contributed by atoms with Gasteiger partial charge < -0.3 is 19.7 Å². The zero-order valence-corrected chi connectivity index (χ0v) is 17.2. The molecule has 0 amide bonds. The van der Waals surface area contributed by atoms with Crippen LogP contribution in [0.4, 0.5) is 0 Å². The minimum atomic E-state index is -0.523. The molecule has 2 rings (SSSR count). The molecule has 0 spiro atoms. The number of phenolic OH excluding ortho intramolecular Hbond substituents is 1. The standard InChI is InChI=1S/C23H29NO5/c1-4-11-28-20-8-5-17(6-9-20)23(27)29-21-10-7-18(22(26)13-21)14-24-19(15-25)12-16(2)3/h5-10,13-14,16,19,25-26H,4,11-12,15H2,1-3H3/t19-/m1/s1. The first-order chi connectivity index (χ1) is 13.9. The molecule has 0 fully saturated rings. The van der Waals surface area contributed by atoms with E-state index in [4.69, 9.17) is 9.47 Å². The number of carbonyl (C=O) groups is 1. The van der Waals surface area contributed by atoms with Crippen molar-refractivity contribution in [2.45, 2.75) is 39.7 Å². The van der Waals surface area contributed by atoms with E-state index in [0.717, 1.165) is 12.8 Å². The van der Waals surface area contributed by atoms with Gasteiger partial charge in [0.1, 0.15) is 17.2 Å². The number of rotatable bonds is 10. The Balaban J connectivity index is 2.01. The molecule has 0 bridgehead atoms. The Bertz CT molecular complexity index is 815. The molecule has 156 valence electrons. The van der Waals surface area contributed by atoms with Gasteiger partial charge >= 0.3 is 5.97 Å². The SMILES string of the molecule is CCCOc1ccc(C(=O)Oc2ccc(C=N[C@@H](CO)CC(C)C)c(O)c2)cc1. The summed E-state index contributed by atoms with van der Waals surface area (Å²) < 4.78 is 10.8. The fourth-order valence-corrected chi connectivity index (χ4v) is 2.68. The zero-order chi connectivity index (χ0) is 21.2. The lowest BCUT2D eigenvalue weighted by atomic mass is 10.1. The second kappa shape index (κ2) is 11.2. The van der Waals surface area contributed by atoms with Crippen molar-refractivity contribution in [3.05, 3.63) is 53.6 Å². The molecule has 0 heterocycles. The van der Waals surface area contributed by atoms with Crippen molar-refractivity contribution in [3.8, 4) is 17.2 Å². The van der Waals surface area contributed by atoms with Gasteiger partial charge in [0.15, 0.2) is 0 Å². The first-order valence-corrected chi connectivity index (χ1v) is 9.85. The van der Waals surface area contributed by atoms with Crippen molar-refractivity contribution in [2.75, 3.05) is 13.2 Å². The number of esters is 1. The molecule has 0 saturated heterocycles. The van der Waals surface area contributed by atoms with E-state index in [2.05, 4.69) is 18.8 Å². The van der Waals surface area contributed by atoms with E-state index in [-0.39, 0.29) is 24.1 Å². The molecule has 0 aliphatic heterocycles. The highest BCUT2D eigenvalue weighted by atomic mass is 16.5. The van der Waals surface area contributed by atoms with Crippen LogP contribution >= 0.6 is 0 Å². The summed E-state index contributed by atoms with van der Waals surface area (Å²) in [6.07, 6.45) is 3.19. The number of aliphatic hydroxyl groups is 1. The minimum Gasteiger partial charge on any atom is -0.507 e. The van der Waals surface area contributed by atoms with Crippen LogP contribution in [0.1, 0.15) is 49.5 Å². The number of aromatic hydroxyl groups is 1. The molecule has 2 N–H and O–H groups in total. The molecular formula is C23H29NO5. The molecule has 0 aliphatic carbocycles. The van der Waals surface area contributed by atoms with Gasteiger partial charge in [-0.2, -0.15) is 0 Å². The van der Waals surface area contributed by atoms with E-state index in [9.17, 15) is 15.0 Å². The summed E-state index contributed by atoms with van der Waals surface area (Å²) in [4.78, 5) is 16.6. The van der Waals surface area contributed by atoms with E-state index in [1.54, 1.807) is 36.4 Å². The highest BCUT2D eigenvalue weighted by molar-refractivity contribution is 5.91. The monoisotopic (exact) mass is 399 g/mol. The fourth-order valence-electron chi connectivity index (χ4n) is 2.68. The molecule has 2 aromatic carbocycles. The molecule has 0 radical (unpaired) electrons. The summed E-state index contributed by atoms with van der Waals surface area (Å²) in [5.41, 5.74) is 0.878. The first-order valence-electron chi connectivity index (χ1n) is 9.85. The van der Waals surface area contributed by atoms with Crippen LogP contribution in [0.3, 0.4) is 0 Å². The van der Waals surface area contributed by atoms with Crippen LogP contribution in [0.25, 0.3) is 0 Å². The number of phenols is 1. The molecular weight excluding hydrogens is 370 g/mol. The van der Waals surface area contributed by atoms with E-state index in [0.29, 0.717) is 29.4 Å². The predicted molar refractivity (Wildman–Crippen MR) is 113 cm³/mol. The van der Waals surface area contributed by atoms with Crippen molar-refractivity contribution in [1.29, 1.82) is 0 Å². The minimum absolute atomic E-state index is 0.0482. The van der Waals surface area contributed by atoms with E-state index in [1.807, 2.05) is 6.92 Å². The van der Waals surface area contributed by atoms with Crippen LogP contribution in [0.2, 0.25) is 0 Å². The Hall–Kier alpha value is -2.86. The molecule has 6 heteroatoms. The molecule has 2 aromatic rings. The number of hydrogen-bond acceptors (Lipinski definition) is 6. The summed E-state index contributed by atoms with van der Waals surface area (Å²) in [7, 11) is 0. The maximum Gasteiger partial charge on any atom is 0.343 e. The molecule has 0 saturated carbocycles. The fraction of sp³-hybridized carbons (Fsp3) is 0.391. The highest BCUT2D eigenvalue weighted by Crippen LogP contribution is 2.24. The topological polar surface area (TPSA) is 88.4 Å². The number of aliphatic imine (C=N–C) groups is 1. The summed E-state index contributed by atoms with van der Waals surface area (Å²) in [5, 5.41) is 19.6. The summed E-state index contributed by atoms with van der Waals surface area (Å²) >= 11 is 0. The van der Waals surface area contributed by atoms with Crippen LogP contribution in [0, 0.1) is 5.92 Å². The van der Waals surface area contributed by atoms with Gasteiger partial charge in [-0.05, 0) is 55.2 Å². The lowest BCUT2D eigenvalue weighted by molar-refractivity contribution is 0.0734. The van der Waals surface area contributed by atoms with Gasteiger partial charge in [-0.1, -0.05) is 20.8 Å². The third-order valence-corrected chi connectivity index (χ3v) is 4.15. The number of nitrogens with zero attached hydrogens (tertiary/aromatic N) is 1.